The number of nitrogens with zero attached hydrogens (tertiary/aromatic N) is 1. The average molecular weight is 379 g/mol. The predicted octanol–water partition coefficient (Wildman–Crippen LogP) is 1.96. The fraction of sp³-hybridized carbons (Fsp3) is 0.364. The normalized spacial score (nSPS) is 27.0. The van der Waals surface area contributed by atoms with Gasteiger partial charge in [-0.1, -0.05) is 60.7 Å². The molecule has 0 radical (unpaired) electrons. The van der Waals surface area contributed by atoms with Crippen molar-refractivity contribution in [2.24, 2.45) is 5.73 Å². The highest BCUT2D eigenvalue weighted by atomic mass is 16.5. The first kappa shape index (κ1) is 18.7. The number of nitrogens with one attached hydrogen (secondary N) is 1. The summed E-state index contributed by atoms with van der Waals surface area (Å²) in [5, 5.41) is 3.14. The molecule has 2 aromatic rings. The minimum atomic E-state index is -0.733. The van der Waals surface area contributed by atoms with Crippen molar-refractivity contribution in [3.63, 3.8) is 0 Å². The number of nitrogens with two attached hydrogens (primary N) is 1. The highest BCUT2D eigenvalue weighted by Gasteiger charge is 2.48. The van der Waals surface area contributed by atoms with E-state index in [-0.39, 0.29) is 30.2 Å². The summed E-state index contributed by atoms with van der Waals surface area (Å²) in [5.74, 6) is -0.392. The van der Waals surface area contributed by atoms with Gasteiger partial charge in [0.2, 0.25) is 11.8 Å². The summed E-state index contributed by atoms with van der Waals surface area (Å²) in [6.45, 7) is 1.80. The van der Waals surface area contributed by atoms with Crippen LogP contribution in [-0.4, -0.2) is 41.1 Å². The van der Waals surface area contributed by atoms with Crippen molar-refractivity contribution in [1.29, 1.82) is 0 Å². The van der Waals surface area contributed by atoms with E-state index in [1.807, 2.05) is 60.7 Å². The minimum Gasteiger partial charge on any atom is -0.353 e. The second-order valence-electron chi connectivity index (χ2n) is 7.42. The lowest BCUT2D eigenvalue weighted by Crippen LogP contribution is -2.62. The SMILES string of the molecule is CC1OC2CCC(C(=O)NC(c3ccccc3)c3ccccc3)N2C(=O)[C@H]1N. The van der Waals surface area contributed by atoms with E-state index in [1.165, 1.54) is 4.90 Å². The van der Waals surface area contributed by atoms with Gasteiger partial charge in [0.05, 0.1) is 12.1 Å². The Morgan fingerprint density at radius 1 is 1.07 bits per heavy atom. The highest BCUT2D eigenvalue weighted by Crippen LogP contribution is 2.32. The van der Waals surface area contributed by atoms with Gasteiger partial charge < -0.3 is 20.7 Å². The van der Waals surface area contributed by atoms with Gasteiger partial charge in [-0.25, -0.2) is 0 Å². The molecule has 2 aliphatic rings. The number of rotatable bonds is 4. The van der Waals surface area contributed by atoms with Crippen molar-refractivity contribution >= 4 is 11.8 Å². The molecule has 0 aliphatic carbocycles. The van der Waals surface area contributed by atoms with Crippen LogP contribution in [0.25, 0.3) is 0 Å². The van der Waals surface area contributed by atoms with Crippen molar-refractivity contribution in [2.45, 2.75) is 50.2 Å². The maximum atomic E-state index is 13.2. The van der Waals surface area contributed by atoms with E-state index >= 15 is 0 Å². The standard InChI is InChI=1S/C22H25N3O3/c1-14-19(23)22(27)25-17(12-13-18(25)28-14)21(26)24-20(15-8-4-2-5-9-15)16-10-6-3-7-11-16/h2-11,14,17-20H,12-13,23H2,1H3,(H,24,26)/t14?,17?,18?,19-/m0/s1. The van der Waals surface area contributed by atoms with Crippen molar-refractivity contribution in [3.05, 3.63) is 71.8 Å². The number of carbonyl (C=O) groups is 2. The molecule has 0 spiro atoms. The zero-order valence-corrected chi connectivity index (χ0v) is 15.8. The number of fused-ring (bicyclic) bond motifs is 1. The number of ether oxygens (including phenoxy) is 1. The summed E-state index contributed by atoms with van der Waals surface area (Å²) in [5.41, 5.74) is 7.95. The Morgan fingerprint density at radius 2 is 1.64 bits per heavy atom. The zero-order chi connectivity index (χ0) is 19.7. The third kappa shape index (κ3) is 3.41. The van der Waals surface area contributed by atoms with Gasteiger partial charge in [0.25, 0.3) is 0 Å². The predicted molar refractivity (Wildman–Crippen MR) is 105 cm³/mol. The summed E-state index contributed by atoms with van der Waals surface area (Å²) in [7, 11) is 0. The first-order valence-corrected chi connectivity index (χ1v) is 9.69. The van der Waals surface area contributed by atoms with Gasteiger partial charge in [-0.05, 0) is 30.9 Å². The van der Waals surface area contributed by atoms with Crippen LogP contribution in [0, 0.1) is 0 Å². The molecule has 2 aliphatic heterocycles. The van der Waals surface area contributed by atoms with Crippen LogP contribution in [0.2, 0.25) is 0 Å². The Kier molecular flexibility index (Phi) is 5.15. The molecule has 4 atom stereocenters. The third-order valence-corrected chi connectivity index (χ3v) is 5.61. The number of amides is 2. The summed E-state index contributed by atoms with van der Waals surface area (Å²) < 4.78 is 5.85. The average Bonchev–Trinajstić information content (AvgIpc) is 3.15. The molecule has 2 fully saturated rings. The summed E-state index contributed by atoms with van der Waals surface area (Å²) in [6.07, 6.45) is 0.502. The Hall–Kier alpha value is -2.70. The number of benzene rings is 2. The van der Waals surface area contributed by atoms with E-state index in [4.69, 9.17) is 10.5 Å². The molecular weight excluding hydrogens is 354 g/mol. The molecule has 146 valence electrons. The van der Waals surface area contributed by atoms with Crippen molar-refractivity contribution in [3.8, 4) is 0 Å². The number of hydrogen-bond acceptors (Lipinski definition) is 4. The fourth-order valence-corrected chi connectivity index (χ4v) is 4.06. The topological polar surface area (TPSA) is 84.7 Å². The van der Waals surface area contributed by atoms with Gasteiger partial charge in [0, 0.05) is 0 Å². The minimum absolute atomic E-state index is 0.182. The largest absolute Gasteiger partial charge is 0.353 e. The first-order chi connectivity index (χ1) is 13.6. The lowest BCUT2D eigenvalue weighted by Gasteiger charge is -2.39. The van der Waals surface area contributed by atoms with Crippen LogP contribution in [0.15, 0.2) is 60.7 Å². The van der Waals surface area contributed by atoms with Gasteiger partial charge in [-0.3, -0.25) is 9.59 Å². The second-order valence-corrected chi connectivity index (χ2v) is 7.42. The van der Waals surface area contributed by atoms with Crippen LogP contribution < -0.4 is 11.1 Å². The number of hydrogen-bond donors (Lipinski definition) is 2. The quantitative estimate of drug-likeness (QED) is 0.850. The molecule has 0 aromatic heterocycles. The molecule has 2 saturated heterocycles. The van der Waals surface area contributed by atoms with Crippen LogP contribution in [0.1, 0.15) is 36.9 Å². The monoisotopic (exact) mass is 379 g/mol. The van der Waals surface area contributed by atoms with Crippen molar-refractivity contribution in [2.75, 3.05) is 0 Å². The molecule has 28 heavy (non-hydrogen) atoms. The molecule has 2 aromatic carbocycles. The molecule has 2 amide bonds. The Labute approximate surface area is 164 Å². The highest BCUT2D eigenvalue weighted by molar-refractivity contribution is 5.91. The summed E-state index contributed by atoms with van der Waals surface area (Å²) in [6, 6.07) is 18.1. The van der Waals surface area contributed by atoms with Gasteiger partial charge in [-0.2, -0.15) is 0 Å². The summed E-state index contributed by atoms with van der Waals surface area (Å²) in [4.78, 5) is 27.4. The van der Waals surface area contributed by atoms with Gasteiger partial charge in [0.1, 0.15) is 18.3 Å². The molecule has 4 rings (SSSR count). The van der Waals surface area contributed by atoms with Crippen LogP contribution in [0.4, 0.5) is 0 Å². The van der Waals surface area contributed by atoms with E-state index in [2.05, 4.69) is 5.32 Å². The van der Waals surface area contributed by atoms with E-state index in [0.717, 1.165) is 11.1 Å². The number of carbonyl (C=O) groups excluding carboxylic acids is 2. The molecule has 6 heteroatoms. The maximum Gasteiger partial charge on any atom is 0.244 e. The van der Waals surface area contributed by atoms with E-state index < -0.39 is 12.1 Å². The lowest BCUT2D eigenvalue weighted by molar-refractivity contribution is -0.175. The first-order valence-electron chi connectivity index (χ1n) is 9.69. The summed E-state index contributed by atoms with van der Waals surface area (Å²) >= 11 is 0. The van der Waals surface area contributed by atoms with Gasteiger partial charge in [0.15, 0.2) is 0 Å². The second kappa shape index (κ2) is 7.73. The maximum absolute atomic E-state index is 13.2. The zero-order valence-electron chi connectivity index (χ0n) is 15.8. The van der Waals surface area contributed by atoms with Crippen molar-refractivity contribution in [1.82, 2.24) is 10.2 Å². The van der Waals surface area contributed by atoms with Crippen LogP contribution in [0.3, 0.4) is 0 Å². The Morgan fingerprint density at radius 3 is 2.21 bits per heavy atom. The molecule has 3 unspecified atom stereocenters. The van der Waals surface area contributed by atoms with E-state index in [1.54, 1.807) is 6.92 Å². The smallest absolute Gasteiger partial charge is 0.244 e. The van der Waals surface area contributed by atoms with Gasteiger partial charge >= 0.3 is 0 Å². The lowest BCUT2D eigenvalue weighted by atomic mass is 9.98. The molecule has 6 nitrogen and oxygen atoms in total. The van der Waals surface area contributed by atoms with E-state index in [0.29, 0.717) is 12.8 Å². The van der Waals surface area contributed by atoms with Crippen LogP contribution >= 0.6 is 0 Å². The molecule has 0 saturated carbocycles. The molecule has 0 bridgehead atoms. The third-order valence-electron chi connectivity index (χ3n) is 5.61. The molecular formula is C22H25N3O3. The van der Waals surface area contributed by atoms with Crippen LogP contribution in [-0.2, 0) is 14.3 Å². The van der Waals surface area contributed by atoms with Crippen LogP contribution in [0.5, 0.6) is 0 Å². The van der Waals surface area contributed by atoms with E-state index in [9.17, 15) is 9.59 Å². The fourth-order valence-electron chi connectivity index (χ4n) is 4.06. The van der Waals surface area contributed by atoms with Gasteiger partial charge in [-0.15, -0.1) is 0 Å². The molecule has 2 heterocycles. The van der Waals surface area contributed by atoms with Crippen molar-refractivity contribution < 1.29 is 14.3 Å². The molecule has 3 N–H and O–H groups in total. The Bertz CT molecular complexity index is 803. The Balaban J connectivity index is 1.58.